The van der Waals surface area contributed by atoms with E-state index in [1.54, 1.807) is 17.5 Å². The average Bonchev–Trinajstić information content (AvgIpc) is 2.92. The molecule has 0 unspecified atom stereocenters. The highest BCUT2D eigenvalue weighted by molar-refractivity contribution is 7.17. The van der Waals surface area contributed by atoms with Crippen LogP contribution in [0.5, 0.6) is 5.75 Å². The zero-order valence-electron chi connectivity index (χ0n) is 12.1. The Balaban J connectivity index is 2.06. The molecule has 5 nitrogen and oxygen atoms in total. The zero-order chi connectivity index (χ0) is 15.9. The smallest absolute Gasteiger partial charge is 0.265 e. The fraction of sp³-hybridized carbons (Fsp3) is 0.125. The van der Waals surface area contributed by atoms with Crippen LogP contribution in [0, 0.1) is 13.8 Å². The van der Waals surface area contributed by atoms with E-state index in [1.807, 2.05) is 26.0 Å². The number of aromatic hydroxyl groups is 1. The fourth-order valence-corrected chi connectivity index (χ4v) is 3.08. The van der Waals surface area contributed by atoms with Crippen molar-refractivity contribution in [3.63, 3.8) is 0 Å². The van der Waals surface area contributed by atoms with Crippen molar-refractivity contribution in [2.75, 3.05) is 5.32 Å². The molecule has 0 aliphatic rings. The van der Waals surface area contributed by atoms with Crippen LogP contribution >= 0.6 is 11.3 Å². The van der Waals surface area contributed by atoms with E-state index >= 15 is 0 Å². The van der Waals surface area contributed by atoms with Gasteiger partial charge in [0.25, 0.3) is 11.5 Å². The summed E-state index contributed by atoms with van der Waals surface area (Å²) in [4.78, 5) is 27.1. The number of aryl methyl sites for hydroxylation is 1. The summed E-state index contributed by atoms with van der Waals surface area (Å²) in [5, 5.41) is 14.7. The Morgan fingerprint density at radius 2 is 2.05 bits per heavy atom. The first kappa shape index (κ1) is 14.3. The van der Waals surface area contributed by atoms with Gasteiger partial charge in [-0.3, -0.25) is 9.59 Å². The van der Waals surface area contributed by atoms with Gasteiger partial charge in [-0.05, 0) is 42.5 Å². The van der Waals surface area contributed by atoms with Crippen molar-refractivity contribution in [3.05, 3.63) is 56.7 Å². The van der Waals surface area contributed by atoms with Gasteiger partial charge < -0.3 is 15.4 Å². The van der Waals surface area contributed by atoms with E-state index in [0.29, 0.717) is 15.9 Å². The number of amides is 1. The molecule has 0 fully saturated rings. The molecule has 1 aromatic carbocycles. The molecule has 22 heavy (non-hydrogen) atoms. The Bertz CT molecular complexity index is 940. The number of rotatable bonds is 2. The van der Waals surface area contributed by atoms with Crippen molar-refractivity contribution in [1.82, 2.24) is 4.98 Å². The molecule has 3 rings (SSSR count). The molecule has 0 saturated carbocycles. The van der Waals surface area contributed by atoms with E-state index in [2.05, 4.69) is 10.3 Å². The summed E-state index contributed by atoms with van der Waals surface area (Å²) in [6, 6.07) is 7.21. The Morgan fingerprint density at radius 3 is 2.82 bits per heavy atom. The molecular weight excluding hydrogens is 300 g/mol. The van der Waals surface area contributed by atoms with E-state index in [0.717, 1.165) is 11.1 Å². The van der Waals surface area contributed by atoms with Crippen molar-refractivity contribution in [3.8, 4) is 5.75 Å². The minimum absolute atomic E-state index is 0.268. The lowest BCUT2D eigenvalue weighted by Gasteiger charge is -2.11. The van der Waals surface area contributed by atoms with Gasteiger partial charge in [0, 0.05) is 5.69 Å². The number of carbonyl (C=O) groups is 1. The lowest BCUT2D eigenvalue weighted by molar-refractivity contribution is 0.102. The Labute approximate surface area is 130 Å². The van der Waals surface area contributed by atoms with Crippen LogP contribution in [0.15, 0.2) is 34.4 Å². The Hall–Kier alpha value is -2.60. The van der Waals surface area contributed by atoms with Gasteiger partial charge in [0.05, 0.1) is 10.2 Å². The highest BCUT2D eigenvalue weighted by Gasteiger charge is 2.20. The van der Waals surface area contributed by atoms with E-state index < -0.39 is 11.5 Å². The third kappa shape index (κ3) is 2.27. The maximum absolute atomic E-state index is 12.4. The van der Waals surface area contributed by atoms with Crippen molar-refractivity contribution >= 4 is 33.1 Å². The van der Waals surface area contributed by atoms with E-state index in [4.69, 9.17) is 0 Å². The number of aromatic nitrogens is 1. The van der Waals surface area contributed by atoms with Crippen LogP contribution < -0.4 is 10.9 Å². The predicted octanol–water partition coefficient (Wildman–Crippen LogP) is 3.16. The van der Waals surface area contributed by atoms with Crippen LogP contribution in [0.25, 0.3) is 10.2 Å². The van der Waals surface area contributed by atoms with Crippen LogP contribution in [0.4, 0.5) is 5.69 Å². The van der Waals surface area contributed by atoms with Gasteiger partial charge in [-0.25, -0.2) is 0 Å². The quantitative estimate of drug-likeness (QED) is 0.679. The zero-order valence-corrected chi connectivity index (χ0v) is 12.9. The maximum atomic E-state index is 12.4. The van der Waals surface area contributed by atoms with Crippen LogP contribution in [0.1, 0.15) is 21.5 Å². The second-order valence-electron chi connectivity index (χ2n) is 5.04. The Kier molecular flexibility index (Phi) is 3.46. The number of benzene rings is 1. The first-order valence-corrected chi connectivity index (χ1v) is 7.57. The predicted molar refractivity (Wildman–Crippen MR) is 88.0 cm³/mol. The van der Waals surface area contributed by atoms with Crippen molar-refractivity contribution in [1.29, 1.82) is 0 Å². The summed E-state index contributed by atoms with van der Waals surface area (Å²) in [5.74, 6) is -0.903. The molecule has 2 aromatic heterocycles. The number of thiophene rings is 1. The lowest BCUT2D eigenvalue weighted by Crippen LogP contribution is -2.23. The molecule has 2 heterocycles. The number of hydrogen-bond acceptors (Lipinski definition) is 4. The largest absolute Gasteiger partial charge is 0.505 e. The van der Waals surface area contributed by atoms with Gasteiger partial charge in [-0.2, -0.15) is 0 Å². The average molecular weight is 314 g/mol. The normalized spacial score (nSPS) is 10.8. The number of nitrogens with one attached hydrogen (secondary N) is 2. The third-order valence-corrected chi connectivity index (χ3v) is 4.59. The summed E-state index contributed by atoms with van der Waals surface area (Å²) in [5.41, 5.74) is 2.22. The molecule has 0 spiro atoms. The monoisotopic (exact) mass is 314 g/mol. The summed E-state index contributed by atoms with van der Waals surface area (Å²) in [6.45, 7) is 3.82. The number of pyridine rings is 1. The molecule has 112 valence electrons. The lowest BCUT2D eigenvalue weighted by atomic mass is 10.1. The van der Waals surface area contributed by atoms with Crippen LogP contribution in [-0.2, 0) is 0 Å². The molecule has 3 N–H and O–H groups in total. The molecule has 0 aliphatic heterocycles. The van der Waals surface area contributed by atoms with Crippen LogP contribution in [-0.4, -0.2) is 16.0 Å². The van der Waals surface area contributed by atoms with Gasteiger partial charge >= 0.3 is 0 Å². The molecule has 0 saturated heterocycles. The van der Waals surface area contributed by atoms with E-state index in [9.17, 15) is 14.7 Å². The minimum Gasteiger partial charge on any atom is -0.505 e. The highest BCUT2D eigenvalue weighted by Crippen LogP contribution is 2.30. The highest BCUT2D eigenvalue weighted by atomic mass is 32.1. The van der Waals surface area contributed by atoms with E-state index in [-0.39, 0.29) is 11.3 Å². The van der Waals surface area contributed by atoms with Gasteiger partial charge in [-0.15, -0.1) is 11.3 Å². The number of anilines is 1. The number of carbonyl (C=O) groups excluding carboxylic acids is 1. The van der Waals surface area contributed by atoms with Crippen LogP contribution in [0.2, 0.25) is 0 Å². The molecule has 0 radical (unpaired) electrons. The standard InChI is InChI=1S/C16H14N2O3S/c1-8-4-3-5-10(9(8)2)17-15(20)12-13(19)14-11(6-7-22-14)18-16(12)21/h3-7H,1-2H3,(H,17,20)(H2,18,19,21). The number of hydrogen-bond donors (Lipinski definition) is 3. The molecule has 0 atom stereocenters. The third-order valence-electron chi connectivity index (χ3n) is 3.67. The number of H-pyrrole nitrogens is 1. The van der Waals surface area contributed by atoms with Gasteiger partial charge in [-0.1, -0.05) is 12.1 Å². The number of aromatic amines is 1. The molecule has 0 aliphatic carbocycles. The number of fused-ring (bicyclic) bond motifs is 1. The minimum atomic E-state index is -0.622. The summed E-state index contributed by atoms with van der Waals surface area (Å²) in [6.07, 6.45) is 0. The SMILES string of the molecule is Cc1cccc(NC(=O)c2c(O)c3sccc3[nH]c2=O)c1C. The van der Waals surface area contributed by atoms with Gasteiger partial charge in [0.1, 0.15) is 5.56 Å². The molecular formula is C16H14N2O3S. The first-order valence-electron chi connectivity index (χ1n) is 6.69. The van der Waals surface area contributed by atoms with Crippen molar-refractivity contribution < 1.29 is 9.90 Å². The van der Waals surface area contributed by atoms with Crippen LogP contribution in [0.3, 0.4) is 0 Å². The molecule has 6 heteroatoms. The first-order chi connectivity index (χ1) is 10.5. The van der Waals surface area contributed by atoms with Crippen molar-refractivity contribution in [2.45, 2.75) is 13.8 Å². The maximum Gasteiger partial charge on any atom is 0.265 e. The fourth-order valence-electron chi connectivity index (χ4n) is 2.28. The van der Waals surface area contributed by atoms with Crippen molar-refractivity contribution in [2.24, 2.45) is 0 Å². The second kappa shape index (κ2) is 5.31. The van der Waals surface area contributed by atoms with E-state index in [1.165, 1.54) is 11.3 Å². The Morgan fingerprint density at radius 1 is 1.27 bits per heavy atom. The molecule has 3 aromatic rings. The van der Waals surface area contributed by atoms with Gasteiger partial charge in [0.2, 0.25) is 0 Å². The second-order valence-corrected chi connectivity index (χ2v) is 5.96. The molecule has 1 amide bonds. The summed E-state index contributed by atoms with van der Waals surface area (Å²) < 4.78 is 0.491. The molecule has 0 bridgehead atoms. The summed E-state index contributed by atoms with van der Waals surface area (Å²) in [7, 11) is 0. The van der Waals surface area contributed by atoms with Gasteiger partial charge in [0.15, 0.2) is 5.75 Å². The topological polar surface area (TPSA) is 82.2 Å². The summed E-state index contributed by atoms with van der Waals surface area (Å²) >= 11 is 1.27.